The number of rotatable bonds is 6. The molecule has 182 valence electrons. The summed E-state index contributed by atoms with van der Waals surface area (Å²) in [5.41, 5.74) is 0.890. The van der Waals surface area contributed by atoms with Gasteiger partial charge in [-0.05, 0) is 84.7 Å². The Morgan fingerprint density at radius 2 is 1.71 bits per heavy atom. The summed E-state index contributed by atoms with van der Waals surface area (Å²) in [7, 11) is -0.601. The van der Waals surface area contributed by atoms with Gasteiger partial charge < -0.3 is 24.3 Å². The summed E-state index contributed by atoms with van der Waals surface area (Å²) in [4.78, 5) is 20.0. The molecule has 2 aliphatic rings. The predicted molar refractivity (Wildman–Crippen MR) is 136 cm³/mol. The molecule has 9 heteroatoms. The molecule has 0 bridgehead atoms. The zero-order chi connectivity index (χ0) is 24.7. The smallest absolute Gasteiger partial charge is 0.473 e. The fraction of sp³-hybridized carbons (Fsp3) is 0.520. The van der Waals surface area contributed by atoms with E-state index in [1.54, 1.807) is 44.3 Å². The first-order valence-corrected chi connectivity index (χ1v) is 12.1. The Hall–Kier alpha value is -2.29. The number of halogens is 1. The van der Waals surface area contributed by atoms with Crippen molar-refractivity contribution in [1.82, 2.24) is 4.98 Å². The van der Waals surface area contributed by atoms with Gasteiger partial charge in [-0.3, -0.25) is 4.79 Å². The first-order chi connectivity index (χ1) is 15.8. The van der Waals surface area contributed by atoms with Crippen LogP contribution in [0, 0.1) is 0 Å². The Labute approximate surface area is 207 Å². The van der Waals surface area contributed by atoms with Gasteiger partial charge in [0.15, 0.2) is 5.06 Å². The second-order valence-electron chi connectivity index (χ2n) is 10.4. The lowest BCUT2D eigenvalue weighted by Crippen LogP contribution is -2.41. The van der Waals surface area contributed by atoms with Crippen molar-refractivity contribution in [3.05, 3.63) is 42.1 Å². The Kier molecular flexibility index (Phi) is 6.62. The first-order valence-electron chi connectivity index (χ1n) is 11.7. The third kappa shape index (κ3) is 5.34. The third-order valence-electron chi connectivity index (χ3n) is 6.54. The number of nitrogens with zero attached hydrogens (tertiary/aromatic N) is 2. The lowest BCUT2D eigenvalue weighted by atomic mass is 9.78. The number of amides is 1. The van der Waals surface area contributed by atoms with E-state index in [9.17, 15) is 4.79 Å². The van der Waals surface area contributed by atoms with Crippen LogP contribution in [0.4, 0.5) is 11.5 Å². The normalized spacial score (nSPS) is 19.4. The number of carbonyl (C=O) groups excluding carboxylic acids is 1. The summed E-state index contributed by atoms with van der Waals surface area (Å²) in [5, 5.41) is 2.12. The molecule has 34 heavy (non-hydrogen) atoms. The molecule has 0 radical (unpaired) electrons. The molecule has 1 N–H and O–H groups in total. The van der Waals surface area contributed by atoms with Gasteiger partial charge in [-0.2, -0.15) is 0 Å². The molecule has 7 nitrogen and oxygen atoms in total. The summed E-state index contributed by atoms with van der Waals surface area (Å²) in [6, 6.07) is 8.92. The van der Waals surface area contributed by atoms with Crippen LogP contribution in [0.25, 0.3) is 0 Å². The van der Waals surface area contributed by atoms with E-state index in [4.69, 9.17) is 25.6 Å². The van der Waals surface area contributed by atoms with Crippen molar-refractivity contribution in [2.75, 3.05) is 23.3 Å². The molecular formula is C25H33BClN3O4. The molecular weight excluding hydrogens is 453 g/mol. The minimum absolute atomic E-state index is 0.260. The number of ether oxygens (including phenoxy) is 1. The zero-order valence-electron chi connectivity index (χ0n) is 20.8. The van der Waals surface area contributed by atoms with Gasteiger partial charge >= 0.3 is 7.12 Å². The van der Waals surface area contributed by atoms with Crippen LogP contribution in [-0.2, 0) is 9.31 Å². The Morgan fingerprint density at radius 3 is 2.26 bits per heavy atom. The number of hydrogen-bond donors (Lipinski definition) is 1. The van der Waals surface area contributed by atoms with Crippen LogP contribution < -0.4 is 20.4 Å². The van der Waals surface area contributed by atoms with Gasteiger partial charge in [0.25, 0.3) is 5.91 Å². The van der Waals surface area contributed by atoms with Gasteiger partial charge in [-0.1, -0.05) is 11.6 Å². The fourth-order valence-electron chi connectivity index (χ4n) is 4.03. The number of hydrogen-bond acceptors (Lipinski definition) is 6. The molecule has 0 atom stereocenters. The second-order valence-corrected chi connectivity index (χ2v) is 11.3. The second kappa shape index (κ2) is 9.06. The summed E-state index contributed by atoms with van der Waals surface area (Å²) in [6.07, 6.45) is 3.85. The number of alkyl halides is 1. The highest BCUT2D eigenvalue weighted by Crippen LogP contribution is 2.37. The SMILES string of the molecule is CC(C)(Cl)Oc1ccc(NC(=O)c2cnc(N3CCCC3)c(B3OC(C)(C)C(C)(C)O3)c2)cc1. The molecule has 2 fully saturated rings. The molecule has 0 unspecified atom stereocenters. The highest BCUT2D eigenvalue weighted by atomic mass is 35.5. The number of benzene rings is 1. The summed E-state index contributed by atoms with van der Waals surface area (Å²) in [5.74, 6) is 1.18. The largest absolute Gasteiger partial charge is 0.498 e. The van der Waals surface area contributed by atoms with E-state index in [1.165, 1.54) is 0 Å². The topological polar surface area (TPSA) is 72.9 Å². The molecule has 3 heterocycles. The maximum atomic E-state index is 13.1. The lowest BCUT2D eigenvalue weighted by molar-refractivity contribution is 0.00578. The van der Waals surface area contributed by atoms with Crippen molar-refractivity contribution in [1.29, 1.82) is 0 Å². The van der Waals surface area contributed by atoms with Gasteiger partial charge in [0.1, 0.15) is 11.6 Å². The summed E-state index contributed by atoms with van der Waals surface area (Å²) < 4.78 is 18.2. The number of nitrogens with one attached hydrogen (secondary N) is 1. The average Bonchev–Trinajstić information content (AvgIpc) is 3.34. The monoisotopic (exact) mass is 485 g/mol. The van der Waals surface area contributed by atoms with E-state index in [1.807, 2.05) is 33.8 Å². The minimum atomic E-state index is -0.808. The van der Waals surface area contributed by atoms with E-state index >= 15 is 0 Å². The van der Waals surface area contributed by atoms with Gasteiger partial charge in [-0.15, -0.1) is 0 Å². The van der Waals surface area contributed by atoms with Crippen molar-refractivity contribution >= 4 is 41.6 Å². The van der Waals surface area contributed by atoms with Crippen LogP contribution in [0.1, 0.15) is 64.7 Å². The Bertz CT molecular complexity index is 1030. The molecule has 4 rings (SSSR count). The summed E-state index contributed by atoms with van der Waals surface area (Å²) >= 11 is 6.11. The van der Waals surface area contributed by atoms with Crippen LogP contribution in [0.3, 0.4) is 0 Å². The highest BCUT2D eigenvalue weighted by Gasteiger charge is 2.53. The van der Waals surface area contributed by atoms with E-state index in [0.29, 0.717) is 17.0 Å². The molecule has 0 aliphatic carbocycles. The molecule has 1 aromatic carbocycles. The van der Waals surface area contributed by atoms with E-state index in [-0.39, 0.29) is 5.91 Å². The van der Waals surface area contributed by atoms with Crippen LogP contribution in [0.15, 0.2) is 36.5 Å². The number of anilines is 2. The zero-order valence-corrected chi connectivity index (χ0v) is 21.5. The van der Waals surface area contributed by atoms with E-state index in [0.717, 1.165) is 37.2 Å². The fourth-order valence-corrected chi connectivity index (χ4v) is 4.11. The lowest BCUT2D eigenvalue weighted by Gasteiger charge is -2.32. The van der Waals surface area contributed by atoms with Gasteiger partial charge in [0.05, 0.1) is 16.8 Å². The maximum absolute atomic E-state index is 13.1. The van der Waals surface area contributed by atoms with Crippen LogP contribution in [0.5, 0.6) is 5.75 Å². The third-order valence-corrected chi connectivity index (χ3v) is 6.62. The summed E-state index contributed by atoms with van der Waals surface area (Å²) in [6.45, 7) is 13.5. The minimum Gasteiger partial charge on any atom is -0.473 e. The van der Waals surface area contributed by atoms with Gasteiger partial charge in [0.2, 0.25) is 0 Å². The van der Waals surface area contributed by atoms with Gasteiger partial charge in [0, 0.05) is 30.4 Å². The van der Waals surface area contributed by atoms with Crippen molar-refractivity contribution < 1.29 is 18.8 Å². The van der Waals surface area contributed by atoms with Crippen LogP contribution in [-0.4, -0.2) is 47.4 Å². The molecule has 2 aliphatic heterocycles. The first kappa shape index (κ1) is 24.8. The van der Waals surface area contributed by atoms with Crippen LogP contribution >= 0.6 is 11.6 Å². The molecule has 2 saturated heterocycles. The molecule has 2 aromatic rings. The van der Waals surface area contributed by atoms with Crippen LogP contribution in [0.2, 0.25) is 0 Å². The van der Waals surface area contributed by atoms with Crippen molar-refractivity contribution in [3.63, 3.8) is 0 Å². The van der Waals surface area contributed by atoms with Gasteiger partial charge in [-0.25, -0.2) is 4.98 Å². The molecule has 1 aromatic heterocycles. The van der Waals surface area contributed by atoms with Crippen molar-refractivity contribution in [3.8, 4) is 5.75 Å². The standard InChI is InChI=1S/C25H33BClN3O4/c1-23(2)24(3,4)34-26(33-23)20-15-17(16-28-21(20)30-13-7-8-14-30)22(31)29-18-9-11-19(12-10-18)32-25(5,6)27/h9-12,15-16H,7-8,13-14H2,1-6H3,(H,29,31). The van der Waals surface area contributed by atoms with Crippen molar-refractivity contribution in [2.24, 2.45) is 0 Å². The average molecular weight is 486 g/mol. The van der Waals surface area contributed by atoms with Crippen molar-refractivity contribution in [2.45, 2.75) is 70.6 Å². The number of carbonyl (C=O) groups is 1. The molecule has 0 saturated carbocycles. The van der Waals surface area contributed by atoms with E-state index < -0.39 is 23.4 Å². The predicted octanol–water partition coefficient (Wildman–Crippen LogP) is 4.59. The number of pyridine rings is 1. The quantitative estimate of drug-likeness (QED) is 0.477. The molecule has 1 amide bonds. The Morgan fingerprint density at radius 1 is 1.12 bits per heavy atom. The highest BCUT2D eigenvalue weighted by molar-refractivity contribution is 6.64. The maximum Gasteiger partial charge on any atom is 0.498 e. The number of aromatic nitrogens is 1. The Balaban J connectivity index is 1.58. The van der Waals surface area contributed by atoms with E-state index in [2.05, 4.69) is 15.2 Å². The molecule has 0 spiro atoms.